The van der Waals surface area contributed by atoms with E-state index in [1.807, 2.05) is 6.07 Å². The highest BCUT2D eigenvalue weighted by Gasteiger charge is 2.36. The Balaban J connectivity index is 1.47. The zero-order valence-electron chi connectivity index (χ0n) is 18.9. The lowest BCUT2D eigenvalue weighted by Crippen LogP contribution is -2.10. The summed E-state index contributed by atoms with van der Waals surface area (Å²) in [6, 6.07) is 13.2. The van der Waals surface area contributed by atoms with Crippen molar-refractivity contribution in [1.29, 1.82) is 5.26 Å². The van der Waals surface area contributed by atoms with Crippen LogP contribution in [0.1, 0.15) is 26.6 Å². The average molecular weight is 541 g/mol. The number of aliphatic hydroxyl groups excluding tert-OH is 1. The van der Waals surface area contributed by atoms with Crippen LogP contribution in [-0.2, 0) is 10.9 Å². The summed E-state index contributed by atoms with van der Waals surface area (Å²) in [4.78, 5) is 24.9. The third-order valence-electron chi connectivity index (χ3n) is 5.53. The lowest BCUT2D eigenvalue weighted by Gasteiger charge is -2.10. The van der Waals surface area contributed by atoms with Gasteiger partial charge in [0.2, 0.25) is 0 Å². The highest BCUT2D eigenvalue weighted by atomic mass is 32.1. The summed E-state index contributed by atoms with van der Waals surface area (Å²) in [6.07, 6.45) is -4.67. The van der Waals surface area contributed by atoms with E-state index in [1.54, 1.807) is 41.8 Å². The van der Waals surface area contributed by atoms with E-state index in [4.69, 9.17) is 4.74 Å². The number of aromatic amines is 1. The molecule has 0 spiro atoms. The van der Waals surface area contributed by atoms with Gasteiger partial charge in [0.1, 0.15) is 28.0 Å². The Morgan fingerprint density at radius 2 is 2.00 bits per heavy atom. The maximum absolute atomic E-state index is 13.9. The molecule has 0 unspecified atom stereocenters. The number of nitrogens with one attached hydrogen (secondary N) is 1. The molecule has 0 aliphatic rings. The third-order valence-corrected chi connectivity index (χ3v) is 7.59. The lowest BCUT2D eigenvalue weighted by molar-refractivity contribution is -0.136. The quantitative estimate of drug-likeness (QED) is 0.143. The van der Waals surface area contributed by atoms with Gasteiger partial charge < -0.3 is 14.8 Å². The van der Waals surface area contributed by atoms with Crippen molar-refractivity contribution in [1.82, 2.24) is 15.0 Å². The molecule has 7 nitrogen and oxygen atoms in total. The molecule has 0 atom stereocenters. The summed E-state index contributed by atoms with van der Waals surface area (Å²) in [6.45, 7) is 0.717. The van der Waals surface area contributed by atoms with Crippen LogP contribution >= 0.6 is 22.7 Å². The van der Waals surface area contributed by atoms with E-state index in [0.717, 1.165) is 17.4 Å². The number of benzene rings is 1. The summed E-state index contributed by atoms with van der Waals surface area (Å²) in [5.41, 5.74) is 0.327. The number of imidazole rings is 1. The van der Waals surface area contributed by atoms with Gasteiger partial charge in [-0.2, -0.15) is 18.4 Å². The molecule has 5 rings (SSSR count). The van der Waals surface area contributed by atoms with Gasteiger partial charge in [0.05, 0.1) is 27.2 Å². The molecule has 0 saturated heterocycles. The topological polar surface area (TPSA) is 112 Å². The lowest BCUT2D eigenvalue weighted by atomic mass is 10.1. The molecule has 0 radical (unpaired) electrons. The molecule has 4 heterocycles. The molecule has 0 aliphatic carbocycles. The number of para-hydroxylation sites is 2. The van der Waals surface area contributed by atoms with E-state index in [1.165, 1.54) is 18.3 Å². The van der Waals surface area contributed by atoms with Crippen molar-refractivity contribution in [2.45, 2.75) is 13.1 Å². The first-order valence-corrected chi connectivity index (χ1v) is 12.4. The number of aromatic nitrogens is 3. The third kappa shape index (κ3) is 4.54. The summed E-state index contributed by atoms with van der Waals surface area (Å²) < 4.78 is 47.0. The molecule has 186 valence electrons. The first-order chi connectivity index (χ1) is 17.7. The van der Waals surface area contributed by atoms with Crippen molar-refractivity contribution in [3.8, 4) is 16.6 Å². The van der Waals surface area contributed by atoms with Gasteiger partial charge in [0, 0.05) is 5.39 Å². The van der Waals surface area contributed by atoms with Crippen LogP contribution in [-0.4, -0.2) is 32.6 Å². The van der Waals surface area contributed by atoms with Crippen LogP contribution in [0.4, 0.5) is 13.2 Å². The Morgan fingerprint density at radius 3 is 2.68 bits per heavy atom. The van der Waals surface area contributed by atoms with Crippen molar-refractivity contribution in [3.63, 3.8) is 0 Å². The Labute approximate surface area is 215 Å². The number of halogens is 3. The van der Waals surface area contributed by atoms with Crippen molar-refractivity contribution < 1.29 is 27.8 Å². The molecule has 37 heavy (non-hydrogen) atoms. The summed E-state index contributed by atoms with van der Waals surface area (Å²) in [7, 11) is 0. The second kappa shape index (κ2) is 9.34. The van der Waals surface area contributed by atoms with Crippen molar-refractivity contribution in [3.05, 3.63) is 75.4 Å². The van der Waals surface area contributed by atoms with Crippen LogP contribution in [0.3, 0.4) is 0 Å². The number of pyridine rings is 1. The number of ether oxygens (including phenoxy) is 1. The monoisotopic (exact) mass is 540 g/mol. The second-order valence-electron chi connectivity index (χ2n) is 7.88. The number of H-pyrrole nitrogens is 1. The molecular formula is C25H15F3N4O3S2. The van der Waals surface area contributed by atoms with Gasteiger partial charge in [-0.25, -0.2) is 14.8 Å². The number of aliphatic hydroxyl groups is 1. The first kappa shape index (κ1) is 24.5. The Hall–Kier alpha value is -4.21. The number of allylic oxidation sites excluding steroid dienone is 1. The molecule has 5 aromatic rings. The van der Waals surface area contributed by atoms with Crippen molar-refractivity contribution in [2.75, 3.05) is 6.61 Å². The van der Waals surface area contributed by atoms with Crippen LogP contribution in [0.5, 0.6) is 0 Å². The molecule has 0 fully saturated rings. The smallest absolute Gasteiger partial charge is 0.417 e. The van der Waals surface area contributed by atoms with E-state index >= 15 is 0 Å². The summed E-state index contributed by atoms with van der Waals surface area (Å²) in [5, 5.41) is 21.5. The van der Waals surface area contributed by atoms with Crippen LogP contribution in [0.15, 0.2) is 53.6 Å². The number of alkyl halides is 3. The number of esters is 1. The largest absolute Gasteiger partial charge is 0.507 e. The number of hydrogen-bond donors (Lipinski definition) is 2. The number of hydrogen-bond acceptors (Lipinski definition) is 8. The van der Waals surface area contributed by atoms with Crippen LogP contribution in [0.25, 0.3) is 37.4 Å². The van der Waals surface area contributed by atoms with E-state index in [0.29, 0.717) is 15.9 Å². The predicted octanol–water partition coefficient (Wildman–Crippen LogP) is 6.88. The number of nitriles is 1. The molecule has 0 saturated carbocycles. The van der Waals surface area contributed by atoms with Gasteiger partial charge in [0.25, 0.3) is 0 Å². The highest BCUT2D eigenvalue weighted by molar-refractivity contribution is 7.20. The second-order valence-corrected chi connectivity index (χ2v) is 9.83. The number of fused-ring (bicyclic) bond motifs is 2. The molecular weight excluding hydrogens is 525 g/mol. The molecule has 1 aromatic carbocycles. The van der Waals surface area contributed by atoms with Gasteiger partial charge in [-0.3, -0.25) is 0 Å². The Kier molecular flexibility index (Phi) is 6.18. The number of nitrogens with zero attached hydrogens (tertiary/aromatic N) is 3. The SMILES string of the molecule is Cc1c(C(=O)OC/C(O)=C(\C#N)c2nc3ccccc3[nH]2)sc2nc(-c3cccs3)cc(C(F)(F)F)c12. The molecule has 2 N–H and O–H groups in total. The van der Waals surface area contributed by atoms with Gasteiger partial charge in [-0.05, 0) is 42.1 Å². The van der Waals surface area contributed by atoms with E-state index < -0.39 is 30.1 Å². The van der Waals surface area contributed by atoms with Gasteiger partial charge in [-0.15, -0.1) is 22.7 Å². The van der Waals surface area contributed by atoms with Gasteiger partial charge >= 0.3 is 12.1 Å². The number of carbonyl (C=O) groups is 1. The molecule has 0 bridgehead atoms. The highest BCUT2D eigenvalue weighted by Crippen LogP contribution is 2.42. The Bertz CT molecular complexity index is 1690. The molecule has 12 heteroatoms. The van der Waals surface area contributed by atoms with E-state index in [9.17, 15) is 28.3 Å². The average Bonchev–Trinajstić information content (AvgIpc) is 3.61. The number of aryl methyl sites for hydroxylation is 1. The van der Waals surface area contributed by atoms with Gasteiger partial charge in [-0.1, -0.05) is 18.2 Å². The predicted molar refractivity (Wildman–Crippen MR) is 134 cm³/mol. The fraction of sp³-hybridized carbons (Fsp3) is 0.120. The van der Waals surface area contributed by atoms with E-state index in [-0.39, 0.29) is 37.7 Å². The van der Waals surface area contributed by atoms with Crippen LogP contribution < -0.4 is 0 Å². The van der Waals surface area contributed by atoms with Crippen LogP contribution in [0, 0.1) is 18.3 Å². The zero-order valence-corrected chi connectivity index (χ0v) is 20.5. The summed E-state index contributed by atoms with van der Waals surface area (Å²) in [5.74, 6) is -1.40. The molecule has 4 aromatic heterocycles. The van der Waals surface area contributed by atoms with Crippen LogP contribution in [0.2, 0.25) is 0 Å². The summed E-state index contributed by atoms with van der Waals surface area (Å²) >= 11 is 2.03. The first-order valence-electron chi connectivity index (χ1n) is 10.7. The zero-order chi connectivity index (χ0) is 26.3. The molecule has 0 aliphatic heterocycles. The fourth-order valence-electron chi connectivity index (χ4n) is 3.81. The molecule has 0 amide bonds. The maximum atomic E-state index is 13.9. The standard InChI is InChI=1S/C25H15F3N4O3S2/c1-12-20-14(25(26,27)28)9-17(19-7-4-8-36-19)32-23(20)37-21(12)24(34)35-11-18(33)13(10-29)22-30-15-5-2-3-6-16(15)31-22/h2-9,33H,11H2,1H3,(H,30,31)/b18-13-. The van der Waals surface area contributed by atoms with Crippen molar-refractivity contribution >= 4 is 55.5 Å². The number of thiophene rings is 2. The number of carbonyl (C=O) groups excluding carboxylic acids is 1. The van der Waals surface area contributed by atoms with Gasteiger partial charge in [0.15, 0.2) is 11.6 Å². The van der Waals surface area contributed by atoms with E-state index in [2.05, 4.69) is 15.0 Å². The Morgan fingerprint density at radius 1 is 1.22 bits per heavy atom. The minimum Gasteiger partial charge on any atom is -0.507 e. The minimum absolute atomic E-state index is 0.0439. The van der Waals surface area contributed by atoms with Crippen molar-refractivity contribution in [2.24, 2.45) is 0 Å². The fourth-order valence-corrected chi connectivity index (χ4v) is 5.60. The normalized spacial score (nSPS) is 12.5. The maximum Gasteiger partial charge on any atom is 0.417 e. The minimum atomic E-state index is -4.67. The number of rotatable bonds is 5.